The fourth-order valence-electron chi connectivity index (χ4n) is 2.18. The first-order valence-corrected chi connectivity index (χ1v) is 8.54. The van der Waals surface area contributed by atoms with Gasteiger partial charge in [0.2, 0.25) is 11.1 Å². The number of ether oxygens (including phenoxy) is 1. The molecule has 0 spiro atoms. The van der Waals surface area contributed by atoms with Crippen LogP contribution >= 0.6 is 11.8 Å². The summed E-state index contributed by atoms with van der Waals surface area (Å²) in [5.74, 6) is 1.53. The molecule has 3 rings (SSSR count). The molecule has 0 saturated heterocycles. The first-order valence-electron chi connectivity index (χ1n) is 7.55. The van der Waals surface area contributed by atoms with E-state index >= 15 is 0 Å². The van der Waals surface area contributed by atoms with Crippen molar-refractivity contribution in [3.05, 3.63) is 48.4 Å². The van der Waals surface area contributed by atoms with Gasteiger partial charge >= 0.3 is 0 Å². The maximum absolute atomic E-state index is 12.1. The molecule has 0 aliphatic rings. The molecule has 0 aliphatic carbocycles. The van der Waals surface area contributed by atoms with Gasteiger partial charge in [0.1, 0.15) is 11.5 Å². The molecule has 1 atom stereocenters. The number of rotatable bonds is 7. The van der Waals surface area contributed by atoms with Gasteiger partial charge in [-0.05, 0) is 53.7 Å². The lowest BCUT2D eigenvalue weighted by Gasteiger charge is -2.11. The number of nitrogens with zero attached hydrogens (tertiary/aromatic N) is 4. The first kappa shape index (κ1) is 17.0. The third-order valence-corrected chi connectivity index (χ3v) is 4.36. The van der Waals surface area contributed by atoms with E-state index in [1.807, 2.05) is 37.3 Å². The summed E-state index contributed by atoms with van der Waals surface area (Å²) in [6, 6.07) is 10.8. The zero-order valence-corrected chi connectivity index (χ0v) is 14.6. The molecule has 0 saturated carbocycles. The van der Waals surface area contributed by atoms with E-state index in [-0.39, 0.29) is 17.7 Å². The normalized spacial score (nSPS) is 11.9. The molecule has 1 aromatic carbocycles. The van der Waals surface area contributed by atoms with Crippen LogP contribution in [-0.4, -0.2) is 39.0 Å². The Morgan fingerprint density at radius 2 is 2.16 bits per heavy atom. The molecule has 9 heteroatoms. The monoisotopic (exact) mass is 359 g/mol. The van der Waals surface area contributed by atoms with Crippen molar-refractivity contribution in [2.45, 2.75) is 18.1 Å². The van der Waals surface area contributed by atoms with E-state index in [2.05, 4.69) is 20.8 Å². The van der Waals surface area contributed by atoms with Crippen molar-refractivity contribution in [2.75, 3.05) is 12.9 Å². The largest absolute Gasteiger partial charge is 0.497 e. The zero-order chi connectivity index (χ0) is 17.6. The maximum Gasteiger partial charge on any atom is 0.231 e. The molecule has 0 bridgehead atoms. The second kappa shape index (κ2) is 7.84. The molecule has 25 heavy (non-hydrogen) atoms. The van der Waals surface area contributed by atoms with Gasteiger partial charge in [0.15, 0.2) is 0 Å². The summed E-state index contributed by atoms with van der Waals surface area (Å²) >= 11 is 1.26. The minimum absolute atomic E-state index is 0.127. The molecule has 2 heterocycles. The topological polar surface area (TPSA) is 95.1 Å². The second-order valence-electron chi connectivity index (χ2n) is 5.16. The fraction of sp³-hybridized carbons (Fsp3) is 0.250. The van der Waals surface area contributed by atoms with Gasteiger partial charge in [-0.3, -0.25) is 4.79 Å². The average Bonchev–Trinajstić information content (AvgIpc) is 3.31. The average molecular weight is 359 g/mol. The van der Waals surface area contributed by atoms with Gasteiger partial charge in [-0.15, -0.1) is 5.10 Å². The number of amides is 1. The molecular formula is C16H17N5O3S. The zero-order valence-electron chi connectivity index (χ0n) is 13.7. The number of carbonyl (C=O) groups is 1. The van der Waals surface area contributed by atoms with Crippen molar-refractivity contribution < 1.29 is 13.9 Å². The van der Waals surface area contributed by atoms with Crippen LogP contribution in [0, 0.1) is 0 Å². The van der Waals surface area contributed by atoms with Crippen molar-refractivity contribution in [3.63, 3.8) is 0 Å². The quantitative estimate of drug-likeness (QED) is 0.646. The number of hydrogen-bond donors (Lipinski definition) is 1. The molecule has 0 radical (unpaired) electrons. The lowest BCUT2D eigenvalue weighted by molar-refractivity contribution is -0.119. The van der Waals surface area contributed by atoms with Gasteiger partial charge in [0.05, 0.1) is 30.9 Å². The molecule has 130 valence electrons. The molecule has 0 aliphatic heterocycles. The van der Waals surface area contributed by atoms with E-state index in [0.29, 0.717) is 10.9 Å². The number of thioether (sulfide) groups is 1. The minimum Gasteiger partial charge on any atom is -0.497 e. The SMILES string of the molecule is COc1ccc(-n2nnnc2SCC(=O)NC(C)c2ccco2)cc1. The fourth-order valence-corrected chi connectivity index (χ4v) is 2.88. The minimum atomic E-state index is -0.194. The van der Waals surface area contributed by atoms with E-state index in [9.17, 15) is 4.79 Å². The van der Waals surface area contributed by atoms with Crippen LogP contribution in [0.4, 0.5) is 0 Å². The van der Waals surface area contributed by atoms with Crippen LogP contribution in [0.25, 0.3) is 5.69 Å². The van der Waals surface area contributed by atoms with Gasteiger partial charge in [0, 0.05) is 0 Å². The summed E-state index contributed by atoms with van der Waals surface area (Å²) in [6.07, 6.45) is 1.58. The summed E-state index contributed by atoms with van der Waals surface area (Å²) in [5, 5.41) is 15.0. The number of methoxy groups -OCH3 is 1. The number of tetrazole rings is 1. The predicted molar refractivity (Wildman–Crippen MR) is 91.7 cm³/mol. The molecule has 8 nitrogen and oxygen atoms in total. The predicted octanol–water partition coefficient (Wildman–Crippen LogP) is 2.23. The molecular weight excluding hydrogens is 342 g/mol. The Hall–Kier alpha value is -2.81. The number of furan rings is 1. The highest BCUT2D eigenvalue weighted by Gasteiger charge is 2.15. The van der Waals surface area contributed by atoms with Crippen LogP contribution < -0.4 is 10.1 Å². The number of nitrogens with one attached hydrogen (secondary N) is 1. The second-order valence-corrected chi connectivity index (χ2v) is 6.11. The number of carbonyl (C=O) groups excluding carboxylic acids is 1. The summed E-state index contributed by atoms with van der Waals surface area (Å²) in [5.41, 5.74) is 0.790. The summed E-state index contributed by atoms with van der Waals surface area (Å²) in [4.78, 5) is 12.1. The van der Waals surface area contributed by atoms with Gasteiger partial charge in [0.25, 0.3) is 0 Å². The molecule has 2 aromatic heterocycles. The van der Waals surface area contributed by atoms with E-state index in [4.69, 9.17) is 9.15 Å². The van der Waals surface area contributed by atoms with Crippen molar-refractivity contribution in [3.8, 4) is 11.4 Å². The van der Waals surface area contributed by atoms with Crippen LogP contribution in [-0.2, 0) is 4.79 Å². The van der Waals surface area contributed by atoms with Crippen molar-refractivity contribution in [1.29, 1.82) is 0 Å². The van der Waals surface area contributed by atoms with Crippen LogP contribution in [0.3, 0.4) is 0 Å². The lowest BCUT2D eigenvalue weighted by atomic mass is 10.2. The van der Waals surface area contributed by atoms with E-state index in [1.165, 1.54) is 11.8 Å². The smallest absolute Gasteiger partial charge is 0.231 e. The van der Waals surface area contributed by atoms with Crippen molar-refractivity contribution >= 4 is 17.7 Å². The number of hydrogen-bond acceptors (Lipinski definition) is 7. The first-order chi connectivity index (χ1) is 12.2. The summed E-state index contributed by atoms with van der Waals surface area (Å²) in [6.45, 7) is 1.86. The highest BCUT2D eigenvalue weighted by Crippen LogP contribution is 2.20. The Bertz CT molecular complexity index is 817. The van der Waals surface area contributed by atoms with E-state index in [0.717, 1.165) is 11.4 Å². The highest BCUT2D eigenvalue weighted by molar-refractivity contribution is 7.99. The molecule has 3 aromatic rings. The maximum atomic E-state index is 12.1. The summed E-state index contributed by atoms with van der Waals surface area (Å²) < 4.78 is 12.0. The van der Waals surface area contributed by atoms with E-state index in [1.54, 1.807) is 24.1 Å². The van der Waals surface area contributed by atoms with Gasteiger partial charge in [-0.1, -0.05) is 11.8 Å². The summed E-state index contributed by atoms with van der Waals surface area (Å²) in [7, 11) is 1.61. The van der Waals surface area contributed by atoms with Crippen LogP contribution in [0.5, 0.6) is 5.75 Å². The third-order valence-electron chi connectivity index (χ3n) is 3.44. The lowest BCUT2D eigenvalue weighted by Crippen LogP contribution is -2.28. The molecule has 1 N–H and O–H groups in total. The Morgan fingerprint density at radius 3 is 2.84 bits per heavy atom. The van der Waals surface area contributed by atoms with Crippen LogP contribution in [0.15, 0.2) is 52.2 Å². The van der Waals surface area contributed by atoms with Crippen LogP contribution in [0.1, 0.15) is 18.7 Å². The Labute approximate surface area is 148 Å². The molecule has 1 unspecified atom stereocenters. The van der Waals surface area contributed by atoms with Gasteiger partial charge in [-0.25, -0.2) is 0 Å². The number of benzene rings is 1. The Balaban J connectivity index is 1.60. The third kappa shape index (κ3) is 4.18. The standard InChI is InChI=1S/C16H17N5O3S/c1-11(14-4-3-9-24-14)17-15(22)10-25-16-18-19-20-21(16)12-5-7-13(23-2)8-6-12/h3-9,11H,10H2,1-2H3,(H,17,22). The molecule has 0 fully saturated rings. The van der Waals surface area contributed by atoms with Crippen LogP contribution in [0.2, 0.25) is 0 Å². The Kier molecular flexibility index (Phi) is 5.34. The Morgan fingerprint density at radius 1 is 1.36 bits per heavy atom. The van der Waals surface area contributed by atoms with E-state index < -0.39 is 0 Å². The van der Waals surface area contributed by atoms with Crippen molar-refractivity contribution in [2.24, 2.45) is 0 Å². The van der Waals surface area contributed by atoms with Crippen molar-refractivity contribution in [1.82, 2.24) is 25.5 Å². The van der Waals surface area contributed by atoms with Gasteiger partial charge in [-0.2, -0.15) is 4.68 Å². The number of aromatic nitrogens is 4. The highest BCUT2D eigenvalue weighted by atomic mass is 32.2. The molecule has 1 amide bonds. The van der Waals surface area contributed by atoms with Gasteiger partial charge < -0.3 is 14.5 Å².